The number of hydrogen-bond acceptors (Lipinski definition) is 6. The van der Waals surface area contributed by atoms with E-state index >= 15 is 0 Å². The van der Waals surface area contributed by atoms with Crippen molar-refractivity contribution in [3.8, 4) is 0 Å². The summed E-state index contributed by atoms with van der Waals surface area (Å²) in [5.41, 5.74) is 10.6. The summed E-state index contributed by atoms with van der Waals surface area (Å²) >= 11 is 0. The summed E-state index contributed by atoms with van der Waals surface area (Å²) in [5.74, 6) is 0. The summed E-state index contributed by atoms with van der Waals surface area (Å²) in [6.07, 6.45) is -4.79. The van der Waals surface area contributed by atoms with Crippen molar-refractivity contribution in [1.82, 2.24) is 0 Å². The molecule has 1 fully saturated rings. The van der Waals surface area contributed by atoms with Gasteiger partial charge in [-0.05, 0) is 16.7 Å². The lowest BCUT2D eigenvalue weighted by atomic mass is 9.97. The molecule has 2 aromatic carbocycles. The van der Waals surface area contributed by atoms with Crippen molar-refractivity contribution < 1.29 is 24.4 Å². The summed E-state index contributed by atoms with van der Waals surface area (Å²) in [4.78, 5) is 2.71. The van der Waals surface area contributed by atoms with Crippen molar-refractivity contribution in [1.29, 1.82) is 0 Å². The Morgan fingerprint density at radius 1 is 0.929 bits per heavy atom. The van der Waals surface area contributed by atoms with Crippen molar-refractivity contribution in [2.75, 3.05) is 6.61 Å². The molecule has 5 atom stereocenters. The smallest absolute Gasteiger partial charge is 0.165 e. The van der Waals surface area contributed by atoms with Crippen molar-refractivity contribution in [3.63, 3.8) is 0 Å². The quantitative estimate of drug-likeness (QED) is 0.411. The summed E-state index contributed by atoms with van der Waals surface area (Å²) in [7, 11) is 0. The lowest BCUT2D eigenvalue weighted by molar-refractivity contribution is -0.256. The number of azide groups is 1. The van der Waals surface area contributed by atoms with Crippen LogP contribution in [0.25, 0.3) is 10.4 Å². The lowest BCUT2D eigenvalue weighted by Crippen LogP contribution is -2.59. The van der Waals surface area contributed by atoms with Crippen LogP contribution in [0, 0.1) is 0 Å². The van der Waals surface area contributed by atoms with Gasteiger partial charge < -0.3 is 24.4 Å². The number of aliphatic hydroxyl groups excluding tert-OH is 2. The molecule has 0 aromatic heterocycles. The van der Waals surface area contributed by atoms with Crippen molar-refractivity contribution in [2.24, 2.45) is 5.11 Å². The van der Waals surface area contributed by atoms with Crippen LogP contribution in [0.1, 0.15) is 11.1 Å². The van der Waals surface area contributed by atoms with E-state index in [1.807, 2.05) is 60.7 Å². The largest absolute Gasteiger partial charge is 0.394 e. The van der Waals surface area contributed by atoms with E-state index in [1.165, 1.54) is 0 Å². The molecule has 1 unspecified atom stereocenters. The van der Waals surface area contributed by atoms with Gasteiger partial charge in [0.1, 0.15) is 24.4 Å². The lowest BCUT2D eigenvalue weighted by Gasteiger charge is -2.42. The van der Waals surface area contributed by atoms with Gasteiger partial charge in [0, 0.05) is 4.91 Å². The zero-order chi connectivity index (χ0) is 19.8. The maximum absolute atomic E-state index is 10.6. The molecule has 148 valence electrons. The first-order chi connectivity index (χ1) is 13.7. The number of benzene rings is 2. The van der Waals surface area contributed by atoms with Gasteiger partial charge in [0.05, 0.1) is 19.8 Å². The minimum Gasteiger partial charge on any atom is -0.394 e. The van der Waals surface area contributed by atoms with Crippen LogP contribution in [0.3, 0.4) is 0 Å². The van der Waals surface area contributed by atoms with Gasteiger partial charge in [0.2, 0.25) is 0 Å². The number of rotatable bonds is 8. The second-order valence-corrected chi connectivity index (χ2v) is 6.47. The number of ether oxygens (including phenoxy) is 3. The minimum absolute atomic E-state index is 0.231. The molecule has 28 heavy (non-hydrogen) atoms. The molecule has 2 aromatic rings. The molecule has 0 bridgehead atoms. The van der Waals surface area contributed by atoms with Gasteiger partial charge in [-0.15, -0.1) is 0 Å². The maximum Gasteiger partial charge on any atom is 0.165 e. The summed E-state index contributed by atoms with van der Waals surface area (Å²) in [6.45, 7) is 0.124. The molecule has 0 radical (unpaired) electrons. The molecule has 8 heteroatoms. The van der Waals surface area contributed by atoms with Crippen molar-refractivity contribution in [2.45, 2.75) is 43.9 Å². The third-order valence-electron chi connectivity index (χ3n) is 4.55. The maximum atomic E-state index is 10.6. The van der Waals surface area contributed by atoms with Crippen LogP contribution < -0.4 is 0 Å². The monoisotopic (exact) mass is 385 g/mol. The first kappa shape index (κ1) is 20.3. The van der Waals surface area contributed by atoms with Gasteiger partial charge in [0.25, 0.3) is 0 Å². The van der Waals surface area contributed by atoms with E-state index in [0.717, 1.165) is 11.1 Å². The minimum atomic E-state index is -1.23. The van der Waals surface area contributed by atoms with Crippen molar-refractivity contribution in [3.05, 3.63) is 82.2 Å². The van der Waals surface area contributed by atoms with E-state index in [-0.39, 0.29) is 19.8 Å². The van der Waals surface area contributed by atoms with Crippen LogP contribution in [0.5, 0.6) is 0 Å². The third-order valence-corrected chi connectivity index (χ3v) is 4.55. The second-order valence-electron chi connectivity index (χ2n) is 6.47. The van der Waals surface area contributed by atoms with Crippen LogP contribution in [0.4, 0.5) is 0 Å². The van der Waals surface area contributed by atoms with Crippen molar-refractivity contribution >= 4 is 0 Å². The van der Waals surface area contributed by atoms with E-state index in [2.05, 4.69) is 10.0 Å². The van der Waals surface area contributed by atoms with Crippen LogP contribution in [-0.2, 0) is 27.4 Å². The molecule has 8 nitrogen and oxygen atoms in total. The number of aliphatic hydroxyl groups is 2. The second kappa shape index (κ2) is 10.2. The van der Waals surface area contributed by atoms with Crippen LogP contribution in [-0.4, -0.2) is 47.5 Å². The predicted molar refractivity (Wildman–Crippen MR) is 101 cm³/mol. The fourth-order valence-corrected chi connectivity index (χ4v) is 3.13. The van der Waals surface area contributed by atoms with Gasteiger partial charge in [-0.25, -0.2) is 0 Å². The van der Waals surface area contributed by atoms with Gasteiger partial charge in [0.15, 0.2) is 6.23 Å². The molecule has 0 aliphatic carbocycles. The van der Waals surface area contributed by atoms with Gasteiger partial charge in [-0.3, -0.25) is 0 Å². The Bertz CT molecular complexity index is 770. The van der Waals surface area contributed by atoms with E-state index in [0.29, 0.717) is 0 Å². The Hall–Kier alpha value is -2.45. The molecule has 1 heterocycles. The SMILES string of the molecule is [N-]=[N+]=NC1O[C@H](CO)[C@@H](OCc2ccccc2)[C@H](OCc2ccccc2)[C@@H]1O. The van der Waals surface area contributed by atoms with Gasteiger partial charge in [-0.2, -0.15) is 0 Å². The molecular formula is C20H23N3O5. The van der Waals surface area contributed by atoms with E-state index in [1.54, 1.807) is 0 Å². The fraction of sp³-hybridized carbons (Fsp3) is 0.400. The van der Waals surface area contributed by atoms with Gasteiger partial charge >= 0.3 is 0 Å². The highest BCUT2D eigenvalue weighted by Gasteiger charge is 2.46. The zero-order valence-electron chi connectivity index (χ0n) is 15.2. The topological polar surface area (TPSA) is 117 Å². The zero-order valence-corrected chi connectivity index (χ0v) is 15.2. The average molecular weight is 385 g/mol. The Labute approximate surface area is 162 Å². The summed E-state index contributed by atoms with van der Waals surface area (Å²) < 4.78 is 17.5. The standard InChI is InChI=1S/C20H23N3O5/c21-23-22-20-17(25)19(27-13-15-9-5-2-6-10-15)18(16(11-24)28-20)26-12-14-7-3-1-4-8-14/h1-10,16-20,24-25H,11-13H2/t16-,17+,18-,19-,20?/m1/s1. The van der Waals surface area contributed by atoms with E-state index in [4.69, 9.17) is 19.7 Å². The Kier molecular flexibility index (Phi) is 7.39. The molecule has 1 aliphatic heterocycles. The first-order valence-corrected chi connectivity index (χ1v) is 9.02. The van der Waals surface area contributed by atoms with Crippen LogP contribution >= 0.6 is 0 Å². The highest BCUT2D eigenvalue weighted by Crippen LogP contribution is 2.28. The predicted octanol–water partition coefficient (Wildman–Crippen LogP) is 2.55. The summed E-state index contributed by atoms with van der Waals surface area (Å²) in [6, 6.07) is 19.0. The number of hydrogen-bond donors (Lipinski definition) is 2. The first-order valence-electron chi connectivity index (χ1n) is 9.02. The molecule has 0 saturated carbocycles. The van der Waals surface area contributed by atoms with Crippen LogP contribution in [0.15, 0.2) is 65.8 Å². The Morgan fingerprint density at radius 3 is 1.96 bits per heavy atom. The third kappa shape index (κ3) is 5.08. The van der Waals surface area contributed by atoms with E-state index in [9.17, 15) is 10.2 Å². The molecule has 0 amide bonds. The van der Waals surface area contributed by atoms with E-state index < -0.39 is 30.6 Å². The van der Waals surface area contributed by atoms with Crippen LogP contribution in [0.2, 0.25) is 0 Å². The molecule has 2 N–H and O–H groups in total. The molecule has 1 saturated heterocycles. The molecular weight excluding hydrogens is 362 g/mol. The Morgan fingerprint density at radius 2 is 1.46 bits per heavy atom. The highest BCUT2D eigenvalue weighted by molar-refractivity contribution is 5.14. The number of nitrogens with zero attached hydrogens (tertiary/aromatic N) is 3. The highest BCUT2D eigenvalue weighted by atomic mass is 16.6. The van der Waals surface area contributed by atoms with Gasteiger partial charge in [-0.1, -0.05) is 65.8 Å². The molecule has 0 spiro atoms. The Balaban J connectivity index is 1.77. The molecule has 1 aliphatic rings. The average Bonchev–Trinajstić information content (AvgIpc) is 2.74. The molecule has 3 rings (SSSR count). The summed E-state index contributed by atoms with van der Waals surface area (Å²) in [5, 5.41) is 23.9. The normalized spacial score (nSPS) is 27.1. The fourth-order valence-electron chi connectivity index (χ4n) is 3.13.